The lowest BCUT2D eigenvalue weighted by molar-refractivity contribution is 0.0756. The lowest BCUT2D eigenvalue weighted by Gasteiger charge is -2.26. The fourth-order valence-corrected chi connectivity index (χ4v) is 0.690. The lowest BCUT2D eigenvalue weighted by atomic mass is 9.93. The molecule has 52 valence electrons. The molecule has 0 saturated carbocycles. The van der Waals surface area contributed by atoms with Crippen LogP contribution in [0.15, 0.2) is 4.99 Å². The third-order valence-electron chi connectivity index (χ3n) is 1.44. The molecule has 1 atom stereocenters. The molecule has 0 saturated heterocycles. The molecule has 0 radical (unpaired) electrons. The first-order valence-electron chi connectivity index (χ1n) is 2.98. The van der Waals surface area contributed by atoms with E-state index in [2.05, 4.69) is 4.99 Å². The Morgan fingerprint density at radius 2 is 2.67 bits per heavy atom. The van der Waals surface area contributed by atoms with E-state index in [1.807, 2.05) is 6.92 Å². The van der Waals surface area contributed by atoms with Gasteiger partial charge in [0.2, 0.25) is 0 Å². The van der Waals surface area contributed by atoms with Gasteiger partial charge in [-0.2, -0.15) is 0 Å². The average Bonchev–Trinajstić information content (AvgIpc) is 1.90. The Morgan fingerprint density at radius 3 is 3.00 bits per heavy atom. The van der Waals surface area contributed by atoms with Gasteiger partial charge in [-0.3, -0.25) is 4.99 Å². The number of rotatable bonds is 1. The van der Waals surface area contributed by atoms with E-state index < -0.39 is 0 Å². The van der Waals surface area contributed by atoms with E-state index in [9.17, 15) is 0 Å². The lowest BCUT2D eigenvalue weighted by Crippen LogP contribution is -2.33. The van der Waals surface area contributed by atoms with E-state index in [-0.39, 0.29) is 12.0 Å². The largest absolute Gasteiger partial charge is 0.483 e. The molecule has 0 aromatic carbocycles. The zero-order chi connectivity index (χ0) is 6.74. The second-order valence-electron chi connectivity index (χ2n) is 2.73. The van der Waals surface area contributed by atoms with Gasteiger partial charge < -0.3 is 9.84 Å². The van der Waals surface area contributed by atoms with Crippen LogP contribution in [0.3, 0.4) is 0 Å². The van der Waals surface area contributed by atoms with Gasteiger partial charge in [-0.25, -0.2) is 0 Å². The van der Waals surface area contributed by atoms with Crippen LogP contribution in [0.2, 0.25) is 0 Å². The molecule has 1 aliphatic heterocycles. The smallest absolute Gasteiger partial charge is 0.169 e. The SMILES string of the molecule is CC1(CO)CN=COC1. The quantitative estimate of drug-likeness (QED) is 0.543. The van der Waals surface area contributed by atoms with Gasteiger partial charge in [0, 0.05) is 5.41 Å². The molecule has 0 aromatic heterocycles. The van der Waals surface area contributed by atoms with Gasteiger partial charge in [0.15, 0.2) is 6.40 Å². The van der Waals surface area contributed by atoms with Gasteiger partial charge in [0.25, 0.3) is 0 Å². The van der Waals surface area contributed by atoms with Crippen molar-refractivity contribution < 1.29 is 9.84 Å². The van der Waals surface area contributed by atoms with Crippen molar-refractivity contribution in [1.82, 2.24) is 0 Å². The summed E-state index contributed by atoms with van der Waals surface area (Å²) in [6, 6.07) is 0. The van der Waals surface area contributed by atoms with E-state index >= 15 is 0 Å². The molecule has 9 heavy (non-hydrogen) atoms. The molecule has 1 N–H and O–H groups in total. The number of hydrogen-bond acceptors (Lipinski definition) is 3. The number of ether oxygens (including phenoxy) is 1. The van der Waals surface area contributed by atoms with Crippen LogP contribution in [0.5, 0.6) is 0 Å². The maximum atomic E-state index is 8.80. The van der Waals surface area contributed by atoms with Gasteiger partial charge in [-0.15, -0.1) is 0 Å². The Kier molecular flexibility index (Phi) is 1.71. The Morgan fingerprint density at radius 1 is 1.89 bits per heavy atom. The first-order chi connectivity index (χ1) is 4.27. The number of aliphatic hydroxyl groups is 1. The Balaban J connectivity index is 2.50. The fourth-order valence-electron chi connectivity index (χ4n) is 0.690. The minimum atomic E-state index is -0.144. The van der Waals surface area contributed by atoms with Crippen molar-refractivity contribution in [3.63, 3.8) is 0 Å². The molecule has 1 rings (SSSR count). The first-order valence-corrected chi connectivity index (χ1v) is 2.98. The summed E-state index contributed by atoms with van der Waals surface area (Å²) in [7, 11) is 0. The highest BCUT2D eigenvalue weighted by atomic mass is 16.5. The normalized spacial score (nSPS) is 34.0. The number of aliphatic hydroxyl groups excluding tert-OH is 1. The van der Waals surface area contributed by atoms with Crippen molar-refractivity contribution in [3.05, 3.63) is 0 Å². The molecule has 0 aliphatic carbocycles. The van der Waals surface area contributed by atoms with Crippen molar-refractivity contribution in [2.24, 2.45) is 10.4 Å². The monoisotopic (exact) mass is 129 g/mol. The zero-order valence-corrected chi connectivity index (χ0v) is 5.50. The summed E-state index contributed by atoms with van der Waals surface area (Å²) >= 11 is 0. The van der Waals surface area contributed by atoms with E-state index in [4.69, 9.17) is 9.84 Å². The van der Waals surface area contributed by atoms with Gasteiger partial charge in [-0.1, -0.05) is 6.92 Å². The van der Waals surface area contributed by atoms with E-state index in [0.29, 0.717) is 13.2 Å². The van der Waals surface area contributed by atoms with Crippen LogP contribution in [-0.4, -0.2) is 31.3 Å². The molecule has 0 spiro atoms. The van der Waals surface area contributed by atoms with Gasteiger partial charge in [0.05, 0.1) is 19.8 Å². The summed E-state index contributed by atoms with van der Waals surface area (Å²) in [6.07, 6.45) is 1.44. The van der Waals surface area contributed by atoms with Gasteiger partial charge >= 0.3 is 0 Å². The van der Waals surface area contributed by atoms with Gasteiger partial charge in [-0.05, 0) is 0 Å². The predicted molar refractivity (Wildman–Crippen MR) is 34.5 cm³/mol. The summed E-state index contributed by atoms with van der Waals surface area (Å²) in [4.78, 5) is 3.89. The maximum Gasteiger partial charge on any atom is 0.169 e. The third-order valence-corrected chi connectivity index (χ3v) is 1.44. The molecule has 1 unspecified atom stereocenters. The average molecular weight is 129 g/mol. The highest BCUT2D eigenvalue weighted by Crippen LogP contribution is 2.17. The van der Waals surface area contributed by atoms with Crippen LogP contribution in [0, 0.1) is 5.41 Å². The van der Waals surface area contributed by atoms with Crippen molar-refractivity contribution in [2.45, 2.75) is 6.92 Å². The molecule has 0 bridgehead atoms. The number of hydrogen-bond donors (Lipinski definition) is 1. The van der Waals surface area contributed by atoms with Crippen LogP contribution >= 0.6 is 0 Å². The molecule has 1 aliphatic rings. The summed E-state index contributed by atoms with van der Waals surface area (Å²) in [5, 5.41) is 8.80. The van der Waals surface area contributed by atoms with Crippen molar-refractivity contribution >= 4 is 6.40 Å². The summed E-state index contributed by atoms with van der Waals surface area (Å²) in [5.74, 6) is 0. The highest BCUT2D eigenvalue weighted by Gasteiger charge is 2.25. The van der Waals surface area contributed by atoms with Crippen LogP contribution in [0.4, 0.5) is 0 Å². The molecular formula is C6H11NO2. The number of nitrogens with zero attached hydrogens (tertiary/aromatic N) is 1. The second-order valence-corrected chi connectivity index (χ2v) is 2.73. The summed E-state index contributed by atoms with van der Waals surface area (Å²) < 4.78 is 4.92. The summed E-state index contributed by atoms with van der Waals surface area (Å²) in [5.41, 5.74) is -0.144. The Hall–Kier alpha value is -0.570. The van der Waals surface area contributed by atoms with E-state index in [1.165, 1.54) is 6.40 Å². The molecular weight excluding hydrogens is 118 g/mol. The molecule has 0 aromatic rings. The minimum Gasteiger partial charge on any atom is -0.483 e. The number of aliphatic imine (C=N–C) groups is 1. The van der Waals surface area contributed by atoms with Crippen LogP contribution < -0.4 is 0 Å². The third kappa shape index (κ3) is 1.42. The molecule has 0 fully saturated rings. The Labute approximate surface area is 54.4 Å². The Bertz CT molecular complexity index is 124. The topological polar surface area (TPSA) is 41.8 Å². The predicted octanol–water partition coefficient (Wildman–Crippen LogP) is 0.0435. The van der Waals surface area contributed by atoms with Crippen LogP contribution in [0.1, 0.15) is 6.92 Å². The first kappa shape index (κ1) is 6.55. The molecule has 0 amide bonds. The van der Waals surface area contributed by atoms with Crippen molar-refractivity contribution in [2.75, 3.05) is 19.8 Å². The van der Waals surface area contributed by atoms with Crippen LogP contribution in [-0.2, 0) is 4.74 Å². The van der Waals surface area contributed by atoms with Crippen molar-refractivity contribution in [3.8, 4) is 0 Å². The zero-order valence-electron chi connectivity index (χ0n) is 5.50. The second kappa shape index (κ2) is 2.35. The highest BCUT2D eigenvalue weighted by molar-refractivity contribution is 5.47. The maximum absolute atomic E-state index is 8.80. The van der Waals surface area contributed by atoms with E-state index in [0.717, 1.165) is 0 Å². The van der Waals surface area contributed by atoms with E-state index in [1.54, 1.807) is 0 Å². The molecule has 1 heterocycles. The van der Waals surface area contributed by atoms with Crippen LogP contribution in [0.25, 0.3) is 0 Å². The van der Waals surface area contributed by atoms with Crippen molar-refractivity contribution in [1.29, 1.82) is 0 Å². The fraction of sp³-hybridized carbons (Fsp3) is 0.833. The van der Waals surface area contributed by atoms with Gasteiger partial charge in [0.1, 0.15) is 0 Å². The standard InChI is InChI=1S/C6H11NO2/c1-6(3-8)2-7-5-9-4-6/h5,8H,2-4H2,1H3. The minimum absolute atomic E-state index is 0.143. The molecule has 3 heteroatoms. The summed E-state index contributed by atoms with van der Waals surface area (Å²) in [6.45, 7) is 3.34. The molecule has 3 nitrogen and oxygen atoms in total.